The van der Waals surface area contributed by atoms with Crippen LogP contribution in [0, 0.1) is 0 Å². The van der Waals surface area contributed by atoms with Crippen molar-refractivity contribution in [2.75, 3.05) is 18.5 Å². The molecule has 0 aromatic heterocycles. The molecule has 0 bridgehead atoms. The van der Waals surface area contributed by atoms with E-state index in [9.17, 15) is 13.2 Å². The number of carbonyl (C=O) groups excluding carboxylic acids is 1. The summed E-state index contributed by atoms with van der Waals surface area (Å²) in [6, 6.07) is 12.1. The number of hydrogen-bond donors (Lipinski definition) is 1. The lowest BCUT2D eigenvalue weighted by atomic mass is 10.2. The van der Waals surface area contributed by atoms with E-state index < -0.39 is 10.0 Å². The first-order chi connectivity index (χ1) is 11.4. The SMILES string of the molecule is CN1C(=O)Cc2cc(S(=O)(=O)NCCc3cccc(Cl)c3)ccc21. The number of anilines is 1. The largest absolute Gasteiger partial charge is 0.315 e. The summed E-state index contributed by atoms with van der Waals surface area (Å²) in [6.07, 6.45) is 0.781. The van der Waals surface area contributed by atoms with E-state index in [1.54, 1.807) is 25.2 Å². The van der Waals surface area contributed by atoms with Gasteiger partial charge in [-0.2, -0.15) is 0 Å². The van der Waals surface area contributed by atoms with Gasteiger partial charge in [0.15, 0.2) is 0 Å². The summed E-state index contributed by atoms with van der Waals surface area (Å²) in [5.41, 5.74) is 2.46. The first kappa shape index (κ1) is 17.0. The first-order valence-electron chi connectivity index (χ1n) is 7.50. The fraction of sp³-hybridized carbons (Fsp3) is 0.235. The highest BCUT2D eigenvalue weighted by atomic mass is 35.5. The van der Waals surface area contributed by atoms with Gasteiger partial charge in [0.05, 0.1) is 11.3 Å². The Labute approximate surface area is 146 Å². The van der Waals surface area contributed by atoms with Crippen molar-refractivity contribution in [3.05, 3.63) is 58.6 Å². The summed E-state index contributed by atoms with van der Waals surface area (Å²) in [6.45, 7) is 0.276. The Balaban J connectivity index is 1.70. The van der Waals surface area contributed by atoms with Crippen LogP contribution >= 0.6 is 11.6 Å². The van der Waals surface area contributed by atoms with Gasteiger partial charge in [-0.25, -0.2) is 13.1 Å². The fourth-order valence-corrected chi connectivity index (χ4v) is 4.01. The van der Waals surface area contributed by atoms with E-state index in [0.717, 1.165) is 16.8 Å². The van der Waals surface area contributed by atoms with Crippen molar-refractivity contribution in [3.8, 4) is 0 Å². The van der Waals surface area contributed by atoms with Crippen LogP contribution in [0.2, 0.25) is 5.02 Å². The highest BCUT2D eigenvalue weighted by Gasteiger charge is 2.26. The molecule has 0 fully saturated rings. The second-order valence-corrected chi connectivity index (χ2v) is 7.90. The van der Waals surface area contributed by atoms with Crippen LogP contribution < -0.4 is 9.62 Å². The molecule has 2 aromatic carbocycles. The van der Waals surface area contributed by atoms with Gasteiger partial charge in [-0.3, -0.25) is 4.79 Å². The smallest absolute Gasteiger partial charge is 0.240 e. The summed E-state index contributed by atoms with van der Waals surface area (Å²) < 4.78 is 27.4. The molecule has 1 aliphatic heterocycles. The number of likely N-dealkylation sites (N-methyl/N-ethyl adjacent to an activating group) is 1. The van der Waals surface area contributed by atoms with Gasteiger partial charge in [0.2, 0.25) is 15.9 Å². The third kappa shape index (κ3) is 3.45. The second kappa shape index (κ2) is 6.55. The summed E-state index contributed by atoms with van der Waals surface area (Å²) >= 11 is 5.92. The van der Waals surface area contributed by atoms with Crippen molar-refractivity contribution in [2.45, 2.75) is 17.7 Å². The van der Waals surface area contributed by atoms with Crippen LogP contribution in [0.4, 0.5) is 5.69 Å². The molecule has 0 unspecified atom stereocenters. The van der Waals surface area contributed by atoms with Gasteiger partial charge in [0, 0.05) is 24.3 Å². The van der Waals surface area contributed by atoms with Gasteiger partial charge in [0.25, 0.3) is 0 Å². The summed E-state index contributed by atoms with van der Waals surface area (Å²) in [4.78, 5) is 13.4. The molecule has 7 heteroatoms. The van der Waals surface area contributed by atoms with Gasteiger partial charge in [-0.05, 0) is 47.9 Å². The number of halogens is 1. The predicted octanol–water partition coefficient (Wildman–Crippen LogP) is 2.38. The van der Waals surface area contributed by atoms with Crippen molar-refractivity contribution in [1.29, 1.82) is 0 Å². The normalized spacial score (nSPS) is 14.1. The number of rotatable bonds is 5. The molecule has 1 aliphatic rings. The summed E-state index contributed by atoms with van der Waals surface area (Å²) in [5, 5.41) is 0.628. The zero-order valence-electron chi connectivity index (χ0n) is 13.1. The molecular weight excluding hydrogens is 348 g/mol. The lowest BCUT2D eigenvalue weighted by Crippen LogP contribution is -2.26. The third-order valence-corrected chi connectivity index (χ3v) is 5.73. The number of sulfonamides is 1. The minimum Gasteiger partial charge on any atom is -0.315 e. The van der Waals surface area contributed by atoms with Crippen molar-refractivity contribution < 1.29 is 13.2 Å². The monoisotopic (exact) mass is 364 g/mol. The summed E-state index contributed by atoms with van der Waals surface area (Å²) in [7, 11) is -1.92. The molecule has 1 N–H and O–H groups in total. The van der Waals surface area contributed by atoms with Crippen LogP contribution in [-0.2, 0) is 27.7 Å². The van der Waals surface area contributed by atoms with Crippen LogP contribution in [0.15, 0.2) is 47.4 Å². The molecule has 0 aliphatic carbocycles. The standard InChI is InChI=1S/C17H17ClN2O3S/c1-20-16-6-5-15(10-13(16)11-17(20)21)24(22,23)19-8-7-12-3-2-4-14(18)9-12/h2-6,9-10,19H,7-8,11H2,1H3. The maximum absolute atomic E-state index is 12.4. The Morgan fingerprint density at radius 2 is 2.00 bits per heavy atom. The van der Waals surface area contributed by atoms with Crippen LogP contribution in [0.1, 0.15) is 11.1 Å². The lowest BCUT2D eigenvalue weighted by Gasteiger charge is -2.11. The van der Waals surface area contributed by atoms with Crippen molar-refractivity contribution in [1.82, 2.24) is 4.72 Å². The molecule has 0 atom stereocenters. The highest BCUT2D eigenvalue weighted by Crippen LogP contribution is 2.29. The molecule has 0 radical (unpaired) electrons. The molecule has 126 valence electrons. The van der Waals surface area contributed by atoms with E-state index in [1.807, 2.05) is 18.2 Å². The van der Waals surface area contributed by atoms with E-state index in [2.05, 4.69) is 4.72 Å². The van der Waals surface area contributed by atoms with E-state index in [4.69, 9.17) is 11.6 Å². The minimum absolute atomic E-state index is 0.0338. The number of fused-ring (bicyclic) bond motifs is 1. The Hall–Kier alpha value is -1.89. The number of hydrogen-bond acceptors (Lipinski definition) is 3. The number of nitrogens with one attached hydrogen (secondary N) is 1. The Morgan fingerprint density at radius 3 is 2.75 bits per heavy atom. The van der Waals surface area contributed by atoms with Gasteiger partial charge >= 0.3 is 0 Å². The molecule has 3 rings (SSSR count). The minimum atomic E-state index is -3.61. The molecule has 1 heterocycles. The maximum Gasteiger partial charge on any atom is 0.240 e. The number of nitrogens with zero attached hydrogens (tertiary/aromatic N) is 1. The number of carbonyl (C=O) groups is 1. The van der Waals surface area contributed by atoms with Gasteiger partial charge < -0.3 is 4.90 Å². The molecule has 2 aromatic rings. The van der Waals surface area contributed by atoms with E-state index in [0.29, 0.717) is 11.4 Å². The average molecular weight is 365 g/mol. The molecule has 0 spiro atoms. The Morgan fingerprint density at radius 1 is 1.21 bits per heavy atom. The molecular formula is C17H17ClN2O3S. The predicted molar refractivity (Wildman–Crippen MR) is 93.9 cm³/mol. The summed E-state index contributed by atoms with van der Waals surface area (Å²) in [5.74, 6) is -0.0338. The highest BCUT2D eigenvalue weighted by molar-refractivity contribution is 7.89. The number of benzene rings is 2. The molecule has 0 saturated carbocycles. The van der Waals surface area contributed by atoms with E-state index in [-0.39, 0.29) is 23.8 Å². The van der Waals surface area contributed by atoms with Gasteiger partial charge in [-0.15, -0.1) is 0 Å². The quantitative estimate of drug-likeness (QED) is 0.885. The topological polar surface area (TPSA) is 66.5 Å². The Bertz CT molecular complexity index is 896. The molecule has 24 heavy (non-hydrogen) atoms. The van der Waals surface area contributed by atoms with E-state index in [1.165, 1.54) is 11.0 Å². The van der Waals surface area contributed by atoms with Crippen molar-refractivity contribution >= 4 is 33.2 Å². The van der Waals surface area contributed by atoms with Crippen molar-refractivity contribution in [3.63, 3.8) is 0 Å². The van der Waals surface area contributed by atoms with Crippen LogP contribution in [0.25, 0.3) is 0 Å². The fourth-order valence-electron chi connectivity index (χ4n) is 2.72. The lowest BCUT2D eigenvalue weighted by molar-refractivity contribution is -0.117. The zero-order chi connectivity index (χ0) is 17.3. The zero-order valence-corrected chi connectivity index (χ0v) is 14.7. The first-order valence-corrected chi connectivity index (χ1v) is 9.36. The van der Waals surface area contributed by atoms with Crippen molar-refractivity contribution in [2.24, 2.45) is 0 Å². The molecule has 0 saturated heterocycles. The average Bonchev–Trinajstić information content (AvgIpc) is 2.81. The van der Waals surface area contributed by atoms with Gasteiger partial charge in [-0.1, -0.05) is 23.7 Å². The molecule has 5 nitrogen and oxygen atoms in total. The van der Waals surface area contributed by atoms with Gasteiger partial charge in [0.1, 0.15) is 0 Å². The number of amides is 1. The van der Waals surface area contributed by atoms with E-state index >= 15 is 0 Å². The Kier molecular flexibility index (Phi) is 4.62. The molecule has 1 amide bonds. The third-order valence-electron chi connectivity index (χ3n) is 4.03. The van der Waals surface area contributed by atoms with Crippen LogP contribution in [-0.4, -0.2) is 27.9 Å². The second-order valence-electron chi connectivity index (χ2n) is 5.70. The maximum atomic E-state index is 12.4. The van der Waals surface area contributed by atoms with Crippen LogP contribution in [0.3, 0.4) is 0 Å². The van der Waals surface area contributed by atoms with Crippen LogP contribution in [0.5, 0.6) is 0 Å².